The number of ether oxygens (including phenoxy) is 3. The predicted molar refractivity (Wildman–Crippen MR) is 92.9 cm³/mol. The van der Waals surface area contributed by atoms with Gasteiger partial charge in [-0.2, -0.15) is 0 Å². The number of rotatable bonds is 6. The lowest BCUT2D eigenvalue weighted by Crippen LogP contribution is -2.53. The van der Waals surface area contributed by atoms with Crippen LogP contribution < -0.4 is 9.47 Å². The number of piperazine rings is 1. The van der Waals surface area contributed by atoms with Crippen LogP contribution in [0.2, 0.25) is 0 Å². The second-order valence-electron chi connectivity index (χ2n) is 5.70. The summed E-state index contributed by atoms with van der Waals surface area (Å²) in [6.07, 6.45) is -0.316. The molecule has 0 bridgehead atoms. The lowest BCUT2D eigenvalue weighted by molar-refractivity contribution is -0.140. The summed E-state index contributed by atoms with van der Waals surface area (Å²) in [6.45, 7) is 5.95. The highest BCUT2D eigenvalue weighted by atomic mass is 16.6. The second kappa shape index (κ2) is 9.15. The minimum absolute atomic E-state index is 0.0613. The summed E-state index contributed by atoms with van der Waals surface area (Å²) < 4.78 is 16.0. The first kappa shape index (κ1) is 18.9. The Hall–Kier alpha value is -2.44. The minimum Gasteiger partial charge on any atom is -0.497 e. The average Bonchev–Trinajstić information content (AvgIpc) is 2.66. The van der Waals surface area contributed by atoms with E-state index in [1.165, 1.54) is 0 Å². The van der Waals surface area contributed by atoms with Crippen molar-refractivity contribution in [3.05, 3.63) is 24.3 Å². The van der Waals surface area contributed by atoms with Crippen molar-refractivity contribution < 1.29 is 23.8 Å². The summed E-state index contributed by atoms with van der Waals surface area (Å²) in [6, 6.07) is 7.21. The zero-order chi connectivity index (χ0) is 18.2. The molecule has 0 aliphatic carbocycles. The molecule has 1 fully saturated rings. The molecule has 138 valence electrons. The van der Waals surface area contributed by atoms with E-state index in [9.17, 15) is 9.59 Å². The fraction of sp³-hybridized carbons (Fsp3) is 0.556. The van der Waals surface area contributed by atoms with E-state index in [4.69, 9.17) is 14.2 Å². The molecule has 1 aromatic carbocycles. The van der Waals surface area contributed by atoms with Gasteiger partial charge < -0.3 is 24.0 Å². The highest BCUT2D eigenvalue weighted by Crippen LogP contribution is 2.21. The Kier molecular flexibility index (Phi) is 6.91. The number of hydrogen-bond donors (Lipinski definition) is 0. The van der Waals surface area contributed by atoms with Crippen LogP contribution in [0, 0.1) is 0 Å². The Balaban J connectivity index is 1.92. The average molecular weight is 350 g/mol. The van der Waals surface area contributed by atoms with Crippen molar-refractivity contribution in [1.29, 1.82) is 0 Å². The van der Waals surface area contributed by atoms with E-state index in [1.54, 1.807) is 36.0 Å². The van der Waals surface area contributed by atoms with E-state index in [0.29, 0.717) is 50.7 Å². The summed E-state index contributed by atoms with van der Waals surface area (Å²) in [5.41, 5.74) is 0. The van der Waals surface area contributed by atoms with E-state index in [0.717, 1.165) is 0 Å². The summed E-state index contributed by atoms with van der Waals surface area (Å²) in [7, 11) is 1.59. The Morgan fingerprint density at radius 3 is 2.32 bits per heavy atom. The molecule has 0 radical (unpaired) electrons. The number of carbonyl (C=O) groups is 2. The van der Waals surface area contributed by atoms with E-state index >= 15 is 0 Å². The summed E-state index contributed by atoms with van der Waals surface area (Å²) in [5.74, 6) is 1.22. The molecule has 1 heterocycles. The van der Waals surface area contributed by atoms with Gasteiger partial charge in [0.05, 0.1) is 13.7 Å². The molecule has 2 rings (SSSR count). The van der Waals surface area contributed by atoms with Gasteiger partial charge in [-0.05, 0) is 25.5 Å². The highest BCUT2D eigenvalue weighted by Gasteiger charge is 2.29. The summed E-state index contributed by atoms with van der Waals surface area (Å²) in [5, 5.41) is 0. The zero-order valence-corrected chi connectivity index (χ0v) is 15.1. The number of carbonyl (C=O) groups excluding carboxylic acids is 2. The number of methoxy groups -OCH3 is 1. The maximum Gasteiger partial charge on any atom is 0.409 e. The molecule has 1 aromatic rings. The van der Waals surface area contributed by atoms with Gasteiger partial charge in [-0.3, -0.25) is 4.79 Å². The molecule has 1 saturated heterocycles. The summed E-state index contributed by atoms with van der Waals surface area (Å²) >= 11 is 0. The first-order valence-electron chi connectivity index (χ1n) is 8.60. The lowest BCUT2D eigenvalue weighted by atomic mass is 10.2. The van der Waals surface area contributed by atoms with Crippen LogP contribution in [-0.2, 0) is 9.53 Å². The van der Waals surface area contributed by atoms with Gasteiger partial charge >= 0.3 is 6.09 Å². The van der Waals surface area contributed by atoms with Gasteiger partial charge in [-0.25, -0.2) is 4.79 Å². The molecule has 0 saturated carbocycles. The Morgan fingerprint density at radius 1 is 1.08 bits per heavy atom. The van der Waals surface area contributed by atoms with Crippen molar-refractivity contribution in [2.45, 2.75) is 26.4 Å². The largest absolute Gasteiger partial charge is 0.497 e. The van der Waals surface area contributed by atoms with Crippen LogP contribution in [0.5, 0.6) is 11.5 Å². The minimum atomic E-state index is -0.554. The molecule has 0 unspecified atom stereocenters. The Bertz CT molecular complexity index is 585. The summed E-state index contributed by atoms with van der Waals surface area (Å²) in [4.78, 5) is 27.8. The van der Waals surface area contributed by atoms with Gasteiger partial charge in [0.2, 0.25) is 0 Å². The van der Waals surface area contributed by atoms with Gasteiger partial charge in [0.1, 0.15) is 11.5 Å². The molecule has 25 heavy (non-hydrogen) atoms. The number of amides is 2. The van der Waals surface area contributed by atoms with Crippen molar-refractivity contribution in [2.24, 2.45) is 0 Å². The molecule has 7 nitrogen and oxygen atoms in total. The van der Waals surface area contributed by atoms with E-state index in [2.05, 4.69) is 0 Å². The third-order valence-corrected chi connectivity index (χ3v) is 4.08. The molecule has 1 aliphatic rings. The molecule has 0 aromatic heterocycles. The van der Waals surface area contributed by atoms with Crippen molar-refractivity contribution in [3.8, 4) is 11.5 Å². The van der Waals surface area contributed by atoms with Crippen LogP contribution in [0.1, 0.15) is 20.3 Å². The van der Waals surface area contributed by atoms with Crippen molar-refractivity contribution >= 4 is 12.0 Å². The quantitative estimate of drug-likeness (QED) is 0.786. The smallest absolute Gasteiger partial charge is 0.409 e. The van der Waals surface area contributed by atoms with Gasteiger partial charge in [-0.1, -0.05) is 13.0 Å². The monoisotopic (exact) mass is 350 g/mol. The topological polar surface area (TPSA) is 68.3 Å². The molecule has 1 atom stereocenters. The van der Waals surface area contributed by atoms with Crippen LogP contribution in [0.3, 0.4) is 0 Å². The first-order chi connectivity index (χ1) is 12.1. The molecular weight excluding hydrogens is 324 g/mol. The van der Waals surface area contributed by atoms with E-state index < -0.39 is 6.10 Å². The lowest BCUT2D eigenvalue weighted by Gasteiger charge is -2.35. The number of nitrogens with zero attached hydrogens (tertiary/aromatic N) is 2. The number of benzene rings is 1. The number of hydrogen-bond acceptors (Lipinski definition) is 5. The first-order valence-corrected chi connectivity index (χ1v) is 8.60. The van der Waals surface area contributed by atoms with Crippen LogP contribution in [0.4, 0.5) is 4.79 Å². The predicted octanol–water partition coefficient (Wildman–Crippen LogP) is 2.15. The standard InChI is InChI=1S/C18H26N2O5/c1-4-16(25-15-8-6-7-14(13-15)23-3)17(21)19-9-11-20(12-10-19)18(22)24-5-2/h6-8,13,16H,4-5,9-12H2,1-3H3/t16-/m0/s1. The van der Waals surface area contributed by atoms with Gasteiger partial charge in [-0.15, -0.1) is 0 Å². The maximum absolute atomic E-state index is 12.7. The zero-order valence-electron chi connectivity index (χ0n) is 15.1. The van der Waals surface area contributed by atoms with Crippen LogP contribution >= 0.6 is 0 Å². The van der Waals surface area contributed by atoms with E-state index in [-0.39, 0.29) is 12.0 Å². The van der Waals surface area contributed by atoms with Gasteiger partial charge in [0.15, 0.2) is 6.10 Å². The highest BCUT2D eigenvalue weighted by molar-refractivity contribution is 5.81. The molecule has 2 amide bonds. The van der Waals surface area contributed by atoms with Gasteiger partial charge in [0.25, 0.3) is 5.91 Å². The van der Waals surface area contributed by atoms with Crippen LogP contribution in [0.15, 0.2) is 24.3 Å². The van der Waals surface area contributed by atoms with Crippen molar-refractivity contribution in [3.63, 3.8) is 0 Å². The van der Waals surface area contributed by atoms with Crippen LogP contribution in [-0.4, -0.2) is 67.8 Å². The van der Waals surface area contributed by atoms with Crippen molar-refractivity contribution in [1.82, 2.24) is 9.80 Å². The molecule has 0 spiro atoms. The van der Waals surface area contributed by atoms with Crippen LogP contribution in [0.25, 0.3) is 0 Å². The van der Waals surface area contributed by atoms with Gasteiger partial charge in [0, 0.05) is 32.2 Å². The van der Waals surface area contributed by atoms with Crippen molar-refractivity contribution in [2.75, 3.05) is 39.9 Å². The third kappa shape index (κ3) is 5.01. The second-order valence-corrected chi connectivity index (χ2v) is 5.70. The Morgan fingerprint density at radius 2 is 1.72 bits per heavy atom. The SMILES string of the molecule is CCOC(=O)N1CCN(C(=O)[C@H](CC)Oc2cccc(OC)c2)CC1. The third-order valence-electron chi connectivity index (χ3n) is 4.08. The molecule has 0 N–H and O–H groups in total. The fourth-order valence-electron chi connectivity index (χ4n) is 2.67. The maximum atomic E-state index is 12.7. The molecule has 7 heteroatoms. The molecular formula is C18H26N2O5. The Labute approximate surface area is 148 Å². The van der Waals surface area contributed by atoms with E-state index in [1.807, 2.05) is 19.1 Å². The normalized spacial score (nSPS) is 15.5. The fourth-order valence-corrected chi connectivity index (χ4v) is 2.67. The molecule has 1 aliphatic heterocycles.